The van der Waals surface area contributed by atoms with Crippen molar-refractivity contribution in [2.45, 2.75) is 5.92 Å². The molecule has 1 nitrogen and oxygen atoms in total. The second-order valence-electron chi connectivity index (χ2n) is 3.72. The van der Waals surface area contributed by atoms with Crippen LogP contribution in [-0.4, -0.2) is 6.29 Å². The third kappa shape index (κ3) is 2.56. The molecule has 0 aliphatic carbocycles. The summed E-state index contributed by atoms with van der Waals surface area (Å²) in [5.41, 5.74) is 1.04. The molecule has 2 aromatic carbocycles. The van der Waals surface area contributed by atoms with Crippen LogP contribution in [0.2, 0.25) is 0 Å². The van der Waals surface area contributed by atoms with E-state index < -0.39 is 17.6 Å². The second-order valence-corrected chi connectivity index (χ2v) is 3.72. The predicted molar refractivity (Wildman–Crippen MR) is 60.7 cm³/mol. The summed E-state index contributed by atoms with van der Waals surface area (Å²) in [6, 6.07) is 11.5. The van der Waals surface area contributed by atoms with Crippen molar-refractivity contribution in [3.8, 4) is 0 Å². The van der Waals surface area contributed by atoms with Gasteiger partial charge in [-0.05, 0) is 35.4 Å². The van der Waals surface area contributed by atoms with E-state index >= 15 is 0 Å². The molecule has 0 aromatic heterocycles. The molecule has 0 unspecified atom stereocenters. The topological polar surface area (TPSA) is 17.1 Å². The molecule has 0 saturated carbocycles. The van der Waals surface area contributed by atoms with Gasteiger partial charge in [-0.1, -0.05) is 24.3 Å². The van der Waals surface area contributed by atoms with Gasteiger partial charge in [-0.25, -0.2) is 8.78 Å². The summed E-state index contributed by atoms with van der Waals surface area (Å²) in [7, 11) is 0. The van der Waals surface area contributed by atoms with Crippen LogP contribution in [0.1, 0.15) is 17.0 Å². The first-order chi connectivity index (χ1) is 8.20. The van der Waals surface area contributed by atoms with Gasteiger partial charge in [0.1, 0.15) is 17.9 Å². The smallest absolute Gasteiger partial charge is 0.131 e. The van der Waals surface area contributed by atoms with Crippen molar-refractivity contribution in [2.24, 2.45) is 0 Å². The summed E-state index contributed by atoms with van der Waals surface area (Å²) in [6.45, 7) is 0. The van der Waals surface area contributed by atoms with E-state index in [1.54, 1.807) is 12.1 Å². The van der Waals surface area contributed by atoms with Crippen molar-refractivity contribution in [1.29, 1.82) is 0 Å². The lowest BCUT2D eigenvalue weighted by molar-refractivity contribution is -0.108. The highest BCUT2D eigenvalue weighted by atomic mass is 19.1. The largest absolute Gasteiger partial charge is 0.302 e. The Hall–Kier alpha value is -2.03. The summed E-state index contributed by atoms with van der Waals surface area (Å²) in [5, 5.41) is 0. The van der Waals surface area contributed by atoms with Crippen LogP contribution in [0.5, 0.6) is 0 Å². The number of benzene rings is 2. The lowest BCUT2D eigenvalue weighted by Crippen LogP contribution is -2.03. The molecule has 3 heteroatoms. The van der Waals surface area contributed by atoms with Gasteiger partial charge in [0.05, 0.1) is 5.92 Å². The number of carbonyl (C=O) groups excluding carboxylic acids is 1. The van der Waals surface area contributed by atoms with Crippen molar-refractivity contribution in [3.05, 3.63) is 71.3 Å². The molecule has 0 atom stereocenters. The fourth-order valence-electron chi connectivity index (χ4n) is 1.75. The van der Waals surface area contributed by atoms with E-state index in [4.69, 9.17) is 0 Å². The summed E-state index contributed by atoms with van der Waals surface area (Å²) >= 11 is 0. The molecular weight excluding hydrogens is 222 g/mol. The number of aldehydes is 1. The van der Waals surface area contributed by atoms with Crippen molar-refractivity contribution in [3.63, 3.8) is 0 Å². The molecule has 17 heavy (non-hydrogen) atoms. The molecule has 0 heterocycles. The van der Waals surface area contributed by atoms with Crippen LogP contribution in [-0.2, 0) is 4.79 Å². The highest BCUT2D eigenvalue weighted by Crippen LogP contribution is 2.23. The van der Waals surface area contributed by atoms with Crippen molar-refractivity contribution >= 4 is 6.29 Å². The van der Waals surface area contributed by atoms with E-state index in [9.17, 15) is 13.6 Å². The van der Waals surface area contributed by atoms with Crippen LogP contribution in [0.3, 0.4) is 0 Å². The minimum absolute atomic E-state index is 0.411. The Bertz CT molecular complexity index is 492. The van der Waals surface area contributed by atoms with Gasteiger partial charge in [-0.3, -0.25) is 0 Å². The first-order valence-electron chi connectivity index (χ1n) is 5.17. The maximum atomic E-state index is 13.1. The van der Waals surface area contributed by atoms with Gasteiger partial charge in [-0.15, -0.1) is 0 Å². The van der Waals surface area contributed by atoms with E-state index in [1.807, 2.05) is 0 Å². The predicted octanol–water partition coefficient (Wildman–Crippen LogP) is 3.30. The standard InChI is InChI=1S/C14H10F2O/c15-12-5-1-3-10(7-12)14(9-17)11-4-2-6-13(16)8-11/h1-9,14H. The molecule has 0 radical (unpaired) electrons. The second kappa shape index (κ2) is 4.87. The molecule has 0 N–H and O–H groups in total. The Morgan fingerprint density at radius 1 is 0.882 bits per heavy atom. The molecule has 2 rings (SSSR count). The zero-order valence-corrected chi connectivity index (χ0v) is 8.94. The third-order valence-corrected chi connectivity index (χ3v) is 2.55. The fraction of sp³-hybridized carbons (Fsp3) is 0.0714. The van der Waals surface area contributed by atoms with Crippen LogP contribution in [0.4, 0.5) is 8.78 Å². The van der Waals surface area contributed by atoms with E-state index in [0.717, 1.165) is 0 Å². The number of carbonyl (C=O) groups is 1. The average molecular weight is 232 g/mol. The first-order valence-corrected chi connectivity index (χ1v) is 5.17. The quantitative estimate of drug-likeness (QED) is 0.742. The number of rotatable bonds is 3. The zero-order valence-electron chi connectivity index (χ0n) is 8.94. The SMILES string of the molecule is O=CC(c1cccc(F)c1)c1cccc(F)c1. The molecule has 0 spiro atoms. The fourth-order valence-corrected chi connectivity index (χ4v) is 1.75. The Morgan fingerprint density at radius 2 is 1.35 bits per heavy atom. The maximum absolute atomic E-state index is 13.1. The van der Waals surface area contributed by atoms with Gasteiger partial charge in [0.25, 0.3) is 0 Å². The van der Waals surface area contributed by atoms with Crippen molar-refractivity contribution in [2.75, 3.05) is 0 Å². The summed E-state index contributed by atoms with van der Waals surface area (Å²) in [6.07, 6.45) is 0.684. The minimum atomic E-state index is -0.638. The molecule has 0 saturated heterocycles. The number of hydrogen-bond donors (Lipinski definition) is 0. The molecule has 0 bridgehead atoms. The van der Waals surface area contributed by atoms with Gasteiger partial charge in [-0.2, -0.15) is 0 Å². The van der Waals surface area contributed by atoms with Crippen LogP contribution in [0, 0.1) is 11.6 Å². The first kappa shape index (κ1) is 11.5. The summed E-state index contributed by atoms with van der Waals surface area (Å²) < 4.78 is 26.1. The Balaban J connectivity index is 2.43. The normalized spacial score (nSPS) is 10.5. The Kier molecular flexibility index (Phi) is 3.28. The van der Waals surface area contributed by atoms with Crippen LogP contribution in [0.15, 0.2) is 48.5 Å². The van der Waals surface area contributed by atoms with Gasteiger partial charge in [0, 0.05) is 0 Å². The molecule has 2 aromatic rings. The molecular formula is C14H10F2O. The summed E-state index contributed by atoms with van der Waals surface area (Å²) in [4.78, 5) is 11.1. The maximum Gasteiger partial charge on any atom is 0.131 e. The van der Waals surface area contributed by atoms with E-state index in [2.05, 4.69) is 0 Å². The molecule has 0 amide bonds. The minimum Gasteiger partial charge on any atom is -0.302 e. The van der Waals surface area contributed by atoms with Gasteiger partial charge >= 0.3 is 0 Å². The third-order valence-electron chi connectivity index (χ3n) is 2.55. The van der Waals surface area contributed by atoms with E-state index in [-0.39, 0.29) is 0 Å². The monoisotopic (exact) mass is 232 g/mol. The molecule has 0 aliphatic rings. The van der Waals surface area contributed by atoms with Crippen molar-refractivity contribution in [1.82, 2.24) is 0 Å². The highest BCUT2D eigenvalue weighted by molar-refractivity contribution is 5.68. The zero-order chi connectivity index (χ0) is 12.3. The van der Waals surface area contributed by atoms with Gasteiger partial charge in [0.2, 0.25) is 0 Å². The molecule has 0 fully saturated rings. The average Bonchev–Trinajstić information content (AvgIpc) is 2.30. The molecule has 86 valence electrons. The van der Waals surface area contributed by atoms with Crippen LogP contribution >= 0.6 is 0 Å². The molecule has 0 aliphatic heterocycles. The van der Waals surface area contributed by atoms with Gasteiger partial charge in [0.15, 0.2) is 0 Å². The summed E-state index contributed by atoms with van der Waals surface area (Å²) in [5.74, 6) is -1.46. The number of halogens is 2. The number of hydrogen-bond acceptors (Lipinski definition) is 1. The van der Waals surface area contributed by atoms with Crippen molar-refractivity contribution < 1.29 is 13.6 Å². The van der Waals surface area contributed by atoms with Crippen LogP contribution in [0.25, 0.3) is 0 Å². The highest BCUT2D eigenvalue weighted by Gasteiger charge is 2.14. The Morgan fingerprint density at radius 3 is 1.71 bits per heavy atom. The lowest BCUT2D eigenvalue weighted by atomic mass is 9.92. The van der Waals surface area contributed by atoms with Crippen LogP contribution < -0.4 is 0 Å². The van der Waals surface area contributed by atoms with E-state index in [0.29, 0.717) is 17.4 Å². The Labute approximate surface area is 97.7 Å². The lowest BCUT2D eigenvalue weighted by Gasteiger charge is -2.11. The van der Waals surface area contributed by atoms with E-state index in [1.165, 1.54) is 36.4 Å². The van der Waals surface area contributed by atoms with Gasteiger partial charge < -0.3 is 4.79 Å².